The van der Waals surface area contributed by atoms with E-state index in [1.165, 1.54) is 0 Å². The molecule has 0 saturated carbocycles. The number of carbonyl (C=O) groups excluding carboxylic acids is 1. The Morgan fingerprint density at radius 1 is 1.09 bits per heavy atom. The number of halogens is 1. The first-order chi connectivity index (χ1) is 16.4. The van der Waals surface area contributed by atoms with E-state index in [0.717, 1.165) is 40.6 Å². The van der Waals surface area contributed by atoms with Crippen LogP contribution in [0.5, 0.6) is 17.2 Å². The fourth-order valence-corrected chi connectivity index (χ4v) is 5.49. The van der Waals surface area contributed by atoms with Gasteiger partial charge in [-0.3, -0.25) is 4.79 Å². The molecule has 5 rings (SSSR count). The van der Waals surface area contributed by atoms with Crippen LogP contribution in [0.25, 0.3) is 11.3 Å². The first kappa shape index (κ1) is 23.0. The topological polar surface area (TPSA) is 60.9 Å². The summed E-state index contributed by atoms with van der Waals surface area (Å²) in [5.74, 6) is 2.53. The molecular formula is C26H27ClN2O4S. The molecule has 0 N–H and O–H groups in total. The minimum absolute atomic E-state index is 0.00277. The smallest absolute Gasteiger partial charge is 0.266 e. The van der Waals surface area contributed by atoms with Gasteiger partial charge in [-0.2, -0.15) is 0 Å². The lowest BCUT2D eigenvalue weighted by Gasteiger charge is -2.36. The predicted octanol–water partition coefficient (Wildman–Crippen LogP) is 5.80. The van der Waals surface area contributed by atoms with Crippen LogP contribution >= 0.6 is 22.9 Å². The number of aromatic nitrogens is 1. The Hall–Kier alpha value is -2.77. The van der Waals surface area contributed by atoms with E-state index in [2.05, 4.69) is 5.38 Å². The molecule has 2 aliphatic rings. The van der Waals surface area contributed by atoms with Crippen LogP contribution in [-0.2, 0) is 4.79 Å². The minimum Gasteiger partial charge on any atom is -0.486 e. The van der Waals surface area contributed by atoms with Crippen LogP contribution in [-0.4, -0.2) is 47.7 Å². The second-order valence-corrected chi connectivity index (χ2v) is 10.4. The summed E-state index contributed by atoms with van der Waals surface area (Å²) in [6.07, 6.45) is 1.77. The van der Waals surface area contributed by atoms with Crippen LogP contribution < -0.4 is 14.2 Å². The lowest BCUT2D eigenvalue weighted by molar-refractivity contribution is -0.146. The second-order valence-electron chi connectivity index (χ2n) is 9.06. The van der Waals surface area contributed by atoms with Gasteiger partial charge < -0.3 is 19.1 Å². The molecule has 1 fully saturated rings. The van der Waals surface area contributed by atoms with Crippen molar-refractivity contribution in [2.24, 2.45) is 0 Å². The Labute approximate surface area is 208 Å². The van der Waals surface area contributed by atoms with Gasteiger partial charge in [0.05, 0.1) is 10.7 Å². The van der Waals surface area contributed by atoms with Crippen molar-refractivity contribution < 1.29 is 19.0 Å². The minimum atomic E-state index is -0.951. The van der Waals surface area contributed by atoms with Gasteiger partial charge >= 0.3 is 0 Å². The van der Waals surface area contributed by atoms with Crippen molar-refractivity contribution in [2.45, 2.75) is 38.2 Å². The summed E-state index contributed by atoms with van der Waals surface area (Å²) in [4.78, 5) is 20.0. The monoisotopic (exact) mass is 498 g/mol. The van der Waals surface area contributed by atoms with Crippen LogP contribution in [0.4, 0.5) is 0 Å². The van der Waals surface area contributed by atoms with E-state index in [9.17, 15) is 4.79 Å². The zero-order valence-corrected chi connectivity index (χ0v) is 20.8. The lowest BCUT2D eigenvalue weighted by Crippen LogP contribution is -2.51. The number of ether oxygens (including phenoxy) is 3. The van der Waals surface area contributed by atoms with E-state index in [0.29, 0.717) is 43.0 Å². The maximum Gasteiger partial charge on any atom is 0.266 e. The molecule has 0 unspecified atom stereocenters. The first-order valence-electron chi connectivity index (χ1n) is 11.5. The molecule has 1 amide bonds. The van der Waals surface area contributed by atoms with Crippen molar-refractivity contribution in [2.75, 3.05) is 26.3 Å². The maximum absolute atomic E-state index is 13.2. The summed E-state index contributed by atoms with van der Waals surface area (Å²) in [7, 11) is 0. The van der Waals surface area contributed by atoms with Crippen LogP contribution in [0.15, 0.2) is 47.8 Å². The Morgan fingerprint density at radius 2 is 1.79 bits per heavy atom. The van der Waals surface area contributed by atoms with E-state index in [1.807, 2.05) is 36.9 Å². The number of hydrogen-bond donors (Lipinski definition) is 0. The summed E-state index contributed by atoms with van der Waals surface area (Å²) in [6, 6.07) is 13.1. The molecule has 0 spiro atoms. The van der Waals surface area contributed by atoms with Crippen molar-refractivity contribution >= 4 is 28.8 Å². The van der Waals surface area contributed by atoms with Gasteiger partial charge in [0.1, 0.15) is 19.0 Å². The molecule has 2 aromatic carbocycles. The summed E-state index contributed by atoms with van der Waals surface area (Å²) < 4.78 is 17.3. The highest BCUT2D eigenvalue weighted by Gasteiger charge is 2.36. The van der Waals surface area contributed by atoms with Crippen LogP contribution in [0, 0.1) is 0 Å². The fraction of sp³-hybridized carbons (Fsp3) is 0.385. The highest BCUT2D eigenvalue weighted by atomic mass is 35.5. The van der Waals surface area contributed by atoms with Gasteiger partial charge in [0.25, 0.3) is 5.91 Å². The molecule has 3 aromatic rings. The highest BCUT2D eigenvalue weighted by molar-refractivity contribution is 7.10. The molecule has 2 aliphatic heterocycles. The maximum atomic E-state index is 13.2. The Kier molecular flexibility index (Phi) is 6.40. The van der Waals surface area contributed by atoms with Gasteiger partial charge in [-0.25, -0.2) is 4.98 Å². The average Bonchev–Trinajstić information content (AvgIpc) is 3.35. The molecule has 0 aliphatic carbocycles. The van der Waals surface area contributed by atoms with Crippen molar-refractivity contribution in [3.8, 4) is 28.5 Å². The van der Waals surface area contributed by atoms with Gasteiger partial charge in [0.2, 0.25) is 0 Å². The number of likely N-dealkylation sites (tertiary alicyclic amines) is 1. The fourth-order valence-electron chi connectivity index (χ4n) is 4.36. The summed E-state index contributed by atoms with van der Waals surface area (Å²) in [5.41, 5.74) is 1.03. The molecule has 178 valence electrons. The third-order valence-electron chi connectivity index (χ3n) is 6.19. The second kappa shape index (κ2) is 9.47. The van der Waals surface area contributed by atoms with Crippen molar-refractivity contribution in [1.29, 1.82) is 0 Å². The molecule has 6 nitrogen and oxygen atoms in total. The number of hydrogen-bond acceptors (Lipinski definition) is 6. The van der Waals surface area contributed by atoms with Crippen LogP contribution in [0.2, 0.25) is 5.02 Å². The molecule has 3 heterocycles. The van der Waals surface area contributed by atoms with E-state index < -0.39 is 5.60 Å². The lowest BCUT2D eigenvalue weighted by atomic mass is 9.95. The zero-order chi connectivity index (χ0) is 23.7. The zero-order valence-electron chi connectivity index (χ0n) is 19.3. The summed E-state index contributed by atoms with van der Waals surface area (Å²) in [5, 5.41) is 3.85. The summed E-state index contributed by atoms with van der Waals surface area (Å²) in [6.45, 7) is 6.16. The molecule has 34 heavy (non-hydrogen) atoms. The van der Waals surface area contributed by atoms with Crippen molar-refractivity contribution in [3.63, 3.8) is 0 Å². The Bertz CT molecular complexity index is 1170. The van der Waals surface area contributed by atoms with E-state index in [4.69, 9.17) is 30.8 Å². The van der Waals surface area contributed by atoms with Gasteiger partial charge in [0, 0.05) is 35.0 Å². The number of rotatable bonds is 5. The third-order valence-corrected chi connectivity index (χ3v) is 7.45. The van der Waals surface area contributed by atoms with E-state index >= 15 is 0 Å². The van der Waals surface area contributed by atoms with Crippen LogP contribution in [0.3, 0.4) is 0 Å². The highest BCUT2D eigenvalue weighted by Crippen LogP contribution is 2.37. The number of thiazole rings is 1. The van der Waals surface area contributed by atoms with Gasteiger partial charge in [-0.1, -0.05) is 11.6 Å². The Morgan fingerprint density at radius 3 is 2.53 bits per heavy atom. The molecule has 8 heteroatoms. The largest absolute Gasteiger partial charge is 0.486 e. The average molecular weight is 499 g/mol. The Balaban J connectivity index is 1.20. The molecule has 0 radical (unpaired) electrons. The molecule has 1 saturated heterocycles. The number of piperidine rings is 1. The molecule has 0 atom stereocenters. The SMILES string of the molecule is CC(C)(Oc1ccc(Cl)cc1)C(=O)N1CCC(c2nc(-c3ccc4c(c3)OCCO4)cs2)CC1. The van der Waals surface area contributed by atoms with Gasteiger partial charge in [0.15, 0.2) is 17.1 Å². The summed E-state index contributed by atoms with van der Waals surface area (Å²) >= 11 is 7.63. The van der Waals surface area contributed by atoms with Gasteiger partial charge in [-0.05, 0) is 69.2 Å². The third kappa shape index (κ3) is 4.86. The molecule has 1 aromatic heterocycles. The number of carbonyl (C=O) groups is 1. The molecular weight excluding hydrogens is 472 g/mol. The number of benzene rings is 2. The van der Waals surface area contributed by atoms with Crippen molar-refractivity contribution in [3.05, 3.63) is 57.9 Å². The standard InChI is InChI=1S/C26H27ClN2O4S/c1-26(2,33-20-6-4-19(27)5-7-20)25(30)29-11-9-17(10-12-29)24-28-21(16-34-24)18-3-8-22-23(15-18)32-14-13-31-22/h3-8,15-17H,9-14H2,1-2H3. The van der Waals surface area contributed by atoms with E-state index in [1.54, 1.807) is 35.6 Å². The predicted molar refractivity (Wildman–Crippen MR) is 133 cm³/mol. The first-order valence-corrected chi connectivity index (χ1v) is 12.7. The number of amides is 1. The number of nitrogens with zero attached hydrogens (tertiary/aromatic N) is 2. The quantitative estimate of drug-likeness (QED) is 0.445. The van der Waals surface area contributed by atoms with Crippen LogP contribution in [0.1, 0.15) is 37.6 Å². The van der Waals surface area contributed by atoms with Crippen molar-refractivity contribution in [1.82, 2.24) is 9.88 Å². The number of fused-ring (bicyclic) bond motifs is 1. The normalized spacial score (nSPS) is 16.4. The molecule has 0 bridgehead atoms. The van der Waals surface area contributed by atoms with Gasteiger partial charge in [-0.15, -0.1) is 11.3 Å². The van der Waals surface area contributed by atoms with E-state index in [-0.39, 0.29) is 5.91 Å².